The third-order valence-corrected chi connectivity index (χ3v) is 5.49. The van der Waals surface area contributed by atoms with Gasteiger partial charge in [0.1, 0.15) is 5.82 Å². The Morgan fingerprint density at radius 1 is 1.04 bits per heavy atom. The normalized spacial score (nSPS) is 13.0. The fourth-order valence-electron chi connectivity index (χ4n) is 3.97. The second-order valence-corrected chi connectivity index (χ2v) is 7.54. The first-order chi connectivity index (χ1) is 13.5. The number of benzene rings is 2. The molecule has 0 amide bonds. The molecule has 5 aromatic rings. The summed E-state index contributed by atoms with van der Waals surface area (Å²) in [6.45, 7) is 6.15. The molecule has 0 radical (unpaired) electrons. The molecule has 2 aromatic carbocycles. The predicted octanol–water partition coefficient (Wildman–Crippen LogP) is 4.13. The molecule has 0 fully saturated rings. The average Bonchev–Trinajstić information content (AvgIpc) is 3.27. The van der Waals surface area contributed by atoms with E-state index in [1.165, 1.54) is 10.8 Å². The maximum atomic E-state index is 5.01. The molecule has 0 saturated carbocycles. The summed E-state index contributed by atoms with van der Waals surface area (Å²) in [6, 6.07) is 12.7. The minimum absolute atomic E-state index is 0.196. The zero-order chi connectivity index (χ0) is 19.4. The second-order valence-electron chi connectivity index (χ2n) is 7.54. The molecular formula is C22H22N6. The van der Waals surface area contributed by atoms with E-state index in [1.807, 2.05) is 24.6 Å². The Balaban J connectivity index is 1.57. The first-order valence-corrected chi connectivity index (χ1v) is 9.55. The Labute approximate surface area is 162 Å². The highest BCUT2D eigenvalue weighted by atomic mass is 15.3. The molecule has 6 heteroatoms. The van der Waals surface area contributed by atoms with E-state index in [4.69, 9.17) is 15.1 Å². The molecule has 0 bridgehead atoms. The summed E-state index contributed by atoms with van der Waals surface area (Å²) in [5.74, 6) is 2.07. The SMILES string of the molecule is Cc1ncc(C)n2nc(CC(C)c3nc4c5ccccc5ccc4n3C)nc12. The van der Waals surface area contributed by atoms with E-state index in [-0.39, 0.29) is 5.92 Å². The molecule has 6 nitrogen and oxygen atoms in total. The van der Waals surface area contributed by atoms with Crippen LogP contribution < -0.4 is 0 Å². The molecule has 0 aliphatic carbocycles. The van der Waals surface area contributed by atoms with Crippen molar-refractivity contribution >= 4 is 27.5 Å². The molecule has 5 rings (SSSR count). The van der Waals surface area contributed by atoms with Crippen molar-refractivity contribution in [3.8, 4) is 0 Å². The van der Waals surface area contributed by atoms with Crippen LogP contribution in [0.5, 0.6) is 0 Å². The fraction of sp³-hybridized carbons (Fsp3) is 0.273. The second kappa shape index (κ2) is 6.12. The highest BCUT2D eigenvalue weighted by molar-refractivity contribution is 6.04. The summed E-state index contributed by atoms with van der Waals surface area (Å²) in [4.78, 5) is 14.1. The molecule has 0 N–H and O–H groups in total. The largest absolute Gasteiger partial charge is 0.331 e. The Kier molecular flexibility index (Phi) is 3.69. The van der Waals surface area contributed by atoms with Crippen LogP contribution in [0.2, 0.25) is 0 Å². The number of nitrogens with zero attached hydrogens (tertiary/aromatic N) is 6. The van der Waals surface area contributed by atoms with Crippen molar-refractivity contribution in [3.63, 3.8) is 0 Å². The molecule has 3 aromatic heterocycles. The van der Waals surface area contributed by atoms with Crippen molar-refractivity contribution in [2.24, 2.45) is 7.05 Å². The fourth-order valence-corrected chi connectivity index (χ4v) is 3.97. The van der Waals surface area contributed by atoms with E-state index in [1.54, 1.807) is 0 Å². The van der Waals surface area contributed by atoms with Crippen LogP contribution in [0.4, 0.5) is 0 Å². The van der Waals surface area contributed by atoms with Crippen LogP contribution >= 0.6 is 0 Å². The number of hydrogen-bond acceptors (Lipinski definition) is 4. The predicted molar refractivity (Wildman–Crippen MR) is 111 cm³/mol. The van der Waals surface area contributed by atoms with Gasteiger partial charge in [-0.1, -0.05) is 37.3 Å². The Hall–Kier alpha value is -3.28. The van der Waals surface area contributed by atoms with E-state index < -0.39 is 0 Å². The third kappa shape index (κ3) is 2.48. The summed E-state index contributed by atoms with van der Waals surface area (Å²) in [7, 11) is 2.09. The summed E-state index contributed by atoms with van der Waals surface area (Å²) in [5.41, 5.74) is 4.92. The molecular weight excluding hydrogens is 348 g/mol. The van der Waals surface area contributed by atoms with Crippen LogP contribution in [-0.4, -0.2) is 29.1 Å². The first kappa shape index (κ1) is 16.9. The maximum absolute atomic E-state index is 5.01. The van der Waals surface area contributed by atoms with Crippen molar-refractivity contribution < 1.29 is 0 Å². The lowest BCUT2D eigenvalue weighted by atomic mass is 10.1. The standard InChI is InChI=1S/C22H22N6/c1-13(11-19-24-22-15(3)23-12-14(2)28(22)26-19)21-25-20-17-8-6-5-7-16(17)9-10-18(20)27(21)4/h5-10,12-13H,11H2,1-4H3. The number of aryl methyl sites for hydroxylation is 3. The minimum Gasteiger partial charge on any atom is -0.331 e. The van der Waals surface area contributed by atoms with Crippen LogP contribution in [0.3, 0.4) is 0 Å². The number of hydrogen-bond donors (Lipinski definition) is 0. The van der Waals surface area contributed by atoms with Crippen LogP contribution in [0.25, 0.3) is 27.5 Å². The molecule has 140 valence electrons. The highest BCUT2D eigenvalue weighted by Gasteiger charge is 2.19. The Morgan fingerprint density at radius 2 is 1.86 bits per heavy atom. The van der Waals surface area contributed by atoms with Gasteiger partial charge in [-0.25, -0.2) is 14.5 Å². The van der Waals surface area contributed by atoms with Gasteiger partial charge in [-0.3, -0.25) is 4.98 Å². The maximum Gasteiger partial charge on any atom is 0.177 e. The zero-order valence-corrected chi connectivity index (χ0v) is 16.5. The molecule has 28 heavy (non-hydrogen) atoms. The molecule has 0 spiro atoms. The summed E-state index contributed by atoms with van der Waals surface area (Å²) in [6.07, 6.45) is 2.57. The van der Waals surface area contributed by atoms with Crippen molar-refractivity contribution in [1.82, 2.24) is 29.1 Å². The van der Waals surface area contributed by atoms with Gasteiger partial charge in [0.05, 0.1) is 22.4 Å². The quantitative estimate of drug-likeness (QED) is 0.479. The van der Waals surface area contributed by atoms with E-state index >= 15 is 0 Å². The highest BCUT2D eigenvalue weighted by Crippen LogP contribution is 2.28. The lowest BCUT2D eigenvalue weighted by Crippen LogP contribution is -2.07. The molecule has 0 aliphatic heterocycles. The Morgan fingerprint density at radius 3 is 2.68 bits per heavy atom. The topological polar surface area (TPSA) is 60.9 Å². The van der Waals surface area contributed by atoms with Gasteiger partial charge in [-0.15, -0.1) is 0 Å². The van der Waals surface area contributed by atoms with Crippen LogP contribution in [0.15, 0.2) is 42.6 Å². The van der Waals surface area contributed by atoms with Gasteiger partial charge >= 0.3 is 0 Å². The zero-order valence-electron chi connectivity index (χ0n) is 16.5. The van der Waals surface area contributed by atoms with E-state index in [9.17, 15) is 0 Å². The van der Waals surface area contributed by atoms with E-state index in [2.05, 4.69) is 59.9 Å². The summed E-state index contributed by atoms with van der Waals surface area (Å²) in [5, 5.41) is 7.11. The van der Waals surface area contributed by atoms with Crippen molar-refractivity contribution in [3.05, 3.63) is 65.6 Å². The van der Waals surface area contributed by atoms with Gasteiger partial charge in [0.2, 0.25) is 0 Å². The lowest BCUT2D eigenvalue weighted by Gasteiger charge is -2.09. The molecule has 1 unspecified atom stereocenters. The number of fused-ring (bicyclic) bond motifs is 4. The number of rotatable bonds is 3. The Bertz CT molecular complexity index is 1300. The van der Waals surface area contributed by atoms with Gasteiger partial charge in [0, 0.05) is 31.0 Å². The first-order valence-electron chi connectivity index (χ1n) is 9.55. The van der Waals surface area contributed by atoms with Crippen LogP contribution in [-0.2, 0) is 13.5 Å². The molecule has 0 aliphatic rings. The monoisotopic (exact) mass is 370 g/mol. The lowest BCUT2D eigenvalue weighted by molar-refractivity contribution is 0.642. The summed E-state index contributed by atoms with van der Waals surface area (Å²) < 4.78 is 4.08. The van der Waals surface area contributed by atoms with E-state index in [0.717, 1.165) is 46.1 Å². The number of imidazole rings is 1. The van der Waals surface area contributed by atoms with E-state index in [0.29, 0.717) is 0 Å². The van der Waals surface area contributed by atoms with Gasteiger partial charge in [0.25, 0.3) is 0 Å². The van der Waals surface area contributed by atoms with Gasteiger partial charge in [0.15, 0.2) is 11.5 Å². The molecule has 3 heterocycles. The van der Waals surface area contributed by atoms with Gasteiger partial charge in [-0.05, 0) is 25.3 Å². The van der Waals surface area contributed by atoms with Gasteiger partial charge in [-0.2, -0.15) is 5.10 Å². The smallest absolute Gasteiger partial charge is 0.177 e. The minimum atomic E-state index is 0.196. The van der Waals surface area contributed by atoms with Crippen LogP contribution in [0, 0.1) is 13.8 Å². The van der Waals surface area contributed by atoms with Crippen molar-refractivity contribution in [2.45, 2.75) is 33.1 Å². The van der Waals surface area contributed by atoms with Crippen LogP contribution in [0.1, 0.15) is 35.9 Å². The molecule has 1 atom stereocenters. The van der Waals surface area contributed by atoms with Crippen molar-refractivity contribution in [2.75, 3.05) is 0 Å². The average molecular weight is 370 g/mol. The number of aromatic nitrogens is 6. The van der Waals surface area contributed by atoms with Gasteiger partial charge < -0.3 is 4.57 Å². The third-order valence-electron chi connectivity index (χ3n) is 5.49. The summed E-state index contributed by atoms with van der Waals surface area (Å²) >= 11 is 0. The van der Waals surface area contributed by atoms with Crippen molar-refractivity contribution in [1.29, 1.82) is 0 Å². The molecule has 0 saturated heterocycles.